The third-order valence-corrected chi connectivity index (χ3v) is 8.00. The van der Waals surface area contributed by atoms with Crippen molar-refractivity contribution < 1.29 is 22.7 Å². The highest BCUT2D eigenvalue weighted by Crippen LogP contribution is 2.22. The lowest BCUT2D eigenvalue weighted by Gasteiger charge is -2.35. The first-order chi connectivity index (χ1) is 15.7. The molecular weight excluding hydrogens is 444 g/mol. The Balaban J connectivity index is 1.31. The molecule has 0 radical (unpaired) electrons. The largest absolute Gasteiger partial charge is 0.373 e. The zero-order chi connectivity index (χ0) is 23.6. The van der Waals surface area contributed by atoms with E-state index in [2.05, 4.69) is 41.3 Å². The van der Waals surface area contributed by atoms with Crippen LogP contribution in [-0.4, -0.2) is 78.7 Å². The fourth-order valence-electron chi connectivity index (χ4n) is 4.71. The van der Waals surface area contributed by atoms with Crippen LogP contribution in [0, 0.1) is 0 Å². The zero-order valence-electron chi connectivity index (χ0n) is 19.2. The van der Waals surface area contributed by atoms with E-state index in [1.165, 1.54) is 10.6 Å². The van der Waals surface area contributed by atoms with Crippen molar-refractivity contribution in [3.63, 3.8) is 0 Å². The van der Waals surface area contributed by atoms with Crippen LogP contribution in [0.1, 0.15) is 44.2 Å². The van der Waals surface area contributed by atoms with Crippen LogP contribution in [0.3, 0.4) is 0 Å². The van der Waals surface area contributed by atoms with E-state index < -0.39 is 15.9 Å². The van der Waals surface area contributed by atoms with E-state index in [1.54, 1.807) is 0 Å². The summed E-state index contributed by atoms with van der Waals surface area (Å²) in [6, 6.07) is 7.68. The number of morpholine rings is 1. The average molecular weight is 477 g/mol. The van der Waals surface area contributed by atoms with Crippen molar-refractivity contribution in [2.24, 2.45) is 5.10 Å². The molecule has 3 aliphatic heterocycles. The average Bonchev–Trinajstić information content (AvgIpc) is 3.12. The lowest BCUT2D eigenvalue weighted by molar-refractivity contribution is -0.133. The number of rotatable bonds is 6. The highest BCUT2D eigenvalue weighted by molar-refractivity contribution is 7.91. The summed E-state index contributed by atoms with van der Waals surface area (Å²) in [7, 11) is -3.14. The number of hydrazone groups is 1. The Morgan fingerprint density at radius 2 is 1.79 bits per heavy atom. The molecule has 1 N–H and O–H groups in total. The minimum absolute atomic E-state index is 0.0537. The van der Waals surface area contributed by atoms with Crippen molar-refractivity contribution in [3.8, 4) is 0 Å². The molecule has 2 amide bonds. The summed E-state index contributed by atoms with van der Waals surface area (Å²) in [6.45, 7) is 7.23. The van der Waals surface area contributed by atoms with Gasteiger partial charge >= 0.3 is 0 Å². The quantitative estimate of drug-likeness (QED) is 0.658. The van der Waals surface area contributed by atoms with Crippen LogP contribution < -0.4 is 5.32 Å². The van der Waals surface area contributed by atoms with Crippen molar-refractivity contribution >= 4 is 27.4 Å². The number of nitrogens with zero attached hydrogens (tertiary/aromatic N) is 3. The maximum Gasteiger partial charge on any atom is 0.267 e. The van der Waals surface area contributed by atoms with E-state index in [9.17, 15) is 18.0 Å². The summed E-state index contributed by atoms with van der Waals surface area (Å²) >= 11 is 0. The fourth-order valence-corrected chi connectivity index (χ4v) is 6.40. The molecule has 4 rings (SSSR count). The monoisotopic (exact) mass is 476 g/mol. The Bertz CT molecular complexity index is 1010. The smallest absolute Gasteiger partial charge is 0.267 e. The van der Waals surface area contributed by atoms with E-state index in [4.69, 9.17) is 4.74 Å². The second-order valence-electron chi connectivity index (χ2n) is 9.29. The first kappa shape index (κ1) is 23.8. The number of nitrogens with one attached hydrogen (secondary N) is 1. The van der Waals surface area contributed by atoms with Gasteiger partial charge in [-0.15, -0.1) is 0 Å². The summed E-state index contributed by atoms with van der Waals surface area (Å²) in [5, 5.41) is 8.31. The third kappa shape index (κ3) is 6.18. The number of amides is 2. The molecule has 0 aliphatic carbocycles. The Kier molecular flexibility index (Phi) is 7.16. The van der Waals surface area contributed by atoms with Gasteiger partial charge in [0.2, 0.25) is 5.91 Å². The standard InChI is InChI=1S/C23H32N4O5S/c1-16-12-26(13-17(2)32-16)14-19-5-3-18(4-6-19)11-24-23(29)21-7-8-22(28)27(25-21)20-9-10-33(30,31)15-20/h3-6,16-17,20H,7-15H2,1-2H3,(H,24,29). The molecule has 2 saturated heterocycles. The topological polar surface area (TPSA) is 108 Å². The molecule has 180 valence electrons. The van der Waals surface area contributed by atoms with E-state index in [0.717, 1.165) is 25.2 Å². The van der Waals surface area contributed by atoms with E-state index in [1.807, 2.05) is 12.1 Å². The SMILES string of the molecule is CC1CN(Cc2ccc(CNC(=O)C3=NN(C4CCS(=O)(=O)C4)C(=O)CC3)cc2)CC(C)O1. The number of carbonyl (C=O) groups excluding carboxylic acids is 2. The second-order valence-corrected chi connectivity index (χ2v) is 11.5. The number of benzene rings is 1. The maximum absolute atomic E-state index is 12.6. The number of carbonyl (C=O) groups is 2. The van der Waals surface area contributed by atoms with Gasteiger partial charge in [0.25, 0.3) is 5.91 Å². The van der Waals surface area contributed by atoms with Crippen molar-refractivity contribution in [1.82, 2.24) is 15.2 Å². The van der Waals surface area contributed by atoms with Gasteiger partial charge in [-0.05, 0) is 31.4 Å². The summed E-state index contributed by atoms with van der Waals surface area (Å²) in [5.41, 5.74) is 2.46. The Labute approximate surface area is 195 Å². The lowest BCUT2D eigenvalue weighted by atomic mass is 10.1. The Morgan fingerprint density at radius 3 is 2.42 bits per heavy atom. The molecule has 0 aromatic heterocycles. The highest BCUT2D eigenvalue weighted by Gasteiger charge is 2.37. The number of hydrogen-bond acceptors (Lipinski definition) is 7. The summed E-state index contributed by atoms with van der Waals surface area (Å²) in [6.07, 6.45) is 1.25. The third-order valence-electron chi connectivity index (χ3n) is 6.25. The van der Waals surface area contributed by atoms with Crippen molar-refractivity contribution in [1.29, 1.82) is 0 Å². The number of ether oxygens (including phenoxy) is 1. The van der Waals surface area contributed by atoms with Gasteiger partial charge in [-0.25, -0.2) is 13.4 Å². The summed E-state index contributed by atoms with van der Waals surface area (Å²) in [4.78, 5) is 27.3. The predicted octanol–water partition coefficient (Wildman–Crippen LogP) is 1.08. The molecule has 0 bridgehead atoms. The molecule has 3 atom stereocenters. The van der Waals surface area contributed by atoms with Crippen molar-refractivity contribution in [3.05, 3.63) is 35.4 Å². The molecule has 3 aliphatic rings. The van der Waals surface area contributed by atoms with Crippen LogP contribution in [-0.2, 0) is 37.3 Å². The van der Waals surface area contributed by atoms with Gasteiger partial charge in [0, 0.05) is 39.0 Å². The minimum Gasteiger partial charge on any atom is -0.373 e. The molecule has 10 heteroatoms. The van der Waals surface area contributed by atoms with E-state index in [0.29, 0.717) is 13.0 Å². The van der Waals surface area contributed by atoms with Crippen LogP contribution in [0.4, 0.5) is 0 Å². The van der Waals surface area contributed by atoms with Crippen molar-refractivity contribution in [2.75, 3.05) is 24.6 Å². The van der Waals surface area contributed by atoms with Gasteiger partial charge in [-0.2, -0.15) is 5.10 Å². The Morgan fingerprint density at radius 1 is 1.12 bits per heavy atom. The van der Waals surface area contributed by atoms with Gasteiger partial charge in [-0.1, -0.05) is 24.3 Å². The van der Waals surface area contributed by atoms with Gasteiger partial charge < -0.3 is 10.1 Å². The van der Waals surface area contributed by atoms with E-state index >= 15 is 0 Å². The molecule has 0 spiro atoms. The number of hydrogen-bond donors (Lipinski definition) is 1. The van der Waals surface area contributed by atoms with Crippen LogP contribution in [0.15, 0.2) is 29.4 Å². The molecule has 2 fully saturated rings. The van der Waals surface area contributed by atoms with Gasteiger partial charge in [-0.3, -0.25) is 14.5 Å². The molecule has 33 heavy (non-hydrogen) atoms. The van der Waals surface area contributed by atoms with Gasteiger partial charge in [0.1, 0.15) is 5.71 Å². The van der Waals surface area contributed by atoms with Crippen LogP contribution in [0.5, 0.6) is 0 Å². The fraction of sp³-hybridized carbons (Fsp3) is 0.609. The lowest BCUT2D eigenvalue weighted by Crippen LogP contribution is -2.44. The molecule has 0 saturated carbocycles. The summed E-state index contributed by atoms with van der Waals surface area (Å²) < 4.78 is 29.3. The van der Waals surface area contributed by atoms with Crippen LogP contribution >= 0.6 is 0 Å². The van der Waals surface area contributed by atoms with Gasteiger partial charge in [0.05, 0.1) is 29.8 Å². The predicted molar refractivity (Wildman–Crippen MR) is 124 cm³/mol. The molecule has 9 nitrogen and oxygen atoms in total. The van der Waals surface area contributed by atoms with Crippen molar-refractivity contribution in [2.45, 2.75) is 64.4 Å². The molecule has 3 heterocycles. The molecule has 1 aromatic carbocycles. The van der Waals surface area contributed by atoms with E-state index in [-0.39, 0.29) is 54.1 Å². The zero-order valence-corrected chi connectivity index (χ0v) is 20.0. The van der Waals surface area contributed by atoms with Crippen LogP contribution in [0.2, 0.25) is 0 Å². The van der Waals surface area contributed by atoms with Crippen LogP contribution in [0.25, 0.3) is 0 Å². The normalized spacial score (nSPS) is 27.9. The van der Waals surface area contributed by atoms with Gasteiger partial charge in [0.15, 0.2) is 9.84 Å². The first-order valence-electron chi connectivity index (χ1n) is 11.5. The second kappa shape index (κ2) is 9.90. The minimum atomic E-state index is -3.14. The highest BCUT2D eigenvalue weighted by atomic mass is 32.2. The Hall–Kier alpha value is -2.30. The summed E-state index contributed by atoms with van der Waals surface area (Å²) in [5.74, 6) is -0.592. The molecule has 3 unspecified atom stereocenters. The maximum atomic E-state index is 12.6. The molecule has 1 aromatic rings. The molecular formula is C23H32N4O5S. The first-order valence-corrected chi connectivity index (χ1v) is 13.3. The number of sulfone groups is 1.